The maximum atomic E-state index is 6.15. The Balaban J connectivity index is 2.18. The molecule has 2 rings (SSSR count). The van der Waals surface area contributed by atoms with Gasteiger partial charge < -0.3 is 10.5 Å². The number of benzene rings is 1. The summed E-state index contributed by atoms with van der Waals surface area (Å²) >= 11 is 1.72. The van der Waals surface area contributed by atoms with E-state index in [1.54, 1.807) is 11.3 Å². The Labute approximate surface area is 112 Å². The maximum Gasteiger partial charge on any atom is 0.134 e. The number of para-hydroxylation sites is 1. The van der Waals surface area contributed by atoms with Crippen LogP contribution in [0.3, 0.4) is 0 Å². The zero-order valence-electron chi connectivity index (χ0n) is 10.6. The molecule has 0 saturated carbocycles. The van der Waals surface area contributed by atoms with Gasteiger partial charge in [-0.1, -0.05) is 31.2 Å². The molecule has 0 aliphatic heterocycles. The number of thiophene rings is 1. The van der Waals surface area contributed by atoms with Crippen molar-refractivity contribution in [3.63, 3.8) is 0 Å². The van der Waals surface area contributed by atoms with Crippen molar-refractivity contribution in [2.24, 2.45) is 5.73 Å². The van der Waals surface area contributed by atoms with Gasteiger partial charge in [-0.2, -0.15) is 0 Å². The lowest BCUT2D eigenvalue weighted by molar-refractivity contribution is 0.199. The monoisotopic (exact) mass is 261 g/mol. The van der Waals surface area contributed by atoms with Gasteiger partial charge in [-0.05, 0) is 36.0 Å². The topological polar surface area (TPSA) is 35.2 Å². The average molecular weight is 261 g/mol. The Hall–Kier alpha value is -1.32. The highest BCUT2D eigenvalue weighted by Crippen LogP contribution is 2.29. The molecule has 0 radical (unpaired) electrons. The second kappa shape index (κ2) is 6.57. The number of hydrogen-bond donors (Lipinski definition) is 1. The molecular weight excluding hydrogens is 242 g/mol. The second-order valence-corrected chi connectivity index (χ2v) is 5.14. The van der Waals surface area contributed by atoms with Gasteiger partial charge in [-0.25, -0.2) is 0 Å². The fraction of sp³-hybridized carbons (Fsp3) is 0.333. The summed E-state index contributed by atoms with van der Waals surface area (Å²) in [7, 11) is 0. The van der Waals surface area contributed by atoms with Crippen molar-refractivity contribution in [2.75, 3.05) is 6.54 Å². The van der Waals surface area contributed by atoms with E-state index in [1.165, 1.54) is 10.4 Å². The third-order valence-corrected chi connectivity index (χ3v) is 3.88. The molecule has 96 valence electrons. The van der Waals surface area contributed by atoms with Crippen LogP contribution in [0.15, 0.2) is 41.8 Å². The summed E-state index contributed by atoms with van der Waals surface area (Å²) in [6, 6.07) is 12.4. The molecule has 1 aromatic carbocycles. The second-order valence-electron chi connectivity index (χ2n) is 4.16. The summed E-state index contributed by atoms with van der Waals surface area (Å²) in [5.41, 5.74) is 6.93. The first-order valence-electron chi connectivity index (χ1n) is 6.33. The van der Waals surface area contributed by atoms with Crippen molar-refractivity contribution >= 4 is 11.3 Å². The van der Waals surface area contributed by atoms with E-state index < -0.39 is 0 Å². The van der Waals surface area contributed by atoms with E-state index in [0.29, 0.717) is 6.54 Å². The van der Waals surface area contributed by atoms with Crippen molar-refractivity contribution in [1.82, 2.24) is 0 Å². The van der Waals surface area contributed by atoms with E-state index >= 15 is 0 Å². The van der Waals surface area contributed by atoms with Crippen LogP contribution in [0.25, 0.3) is 0 Å². The molecule has 0 bridgehead atoms. The predicted octanol–water partition coefficient (Wildman–Crippen LogP) is 3.78. The first-order chi connectivity index (χ1) is 8.85. The van der Waals surface area contributed by atoms with E-state index in [1.807, 2.05) is 12.1 Å². The Morgan fingerprint density at radius 2 is 2.06 bits per heavy atom. The third-order valence-electron chi connectivity index (χ3n) is 2.91. The fourth-order valence-electron chi connectivity index (χ4n) is 1.95. The van der Waals surface area contributed by atoms with Crippen molar-refractivity contribution < 1.29 is 4.74 Å². The molecule has 18 heavy (non-hydrogen) atoms. The molecule has 1 unspecified atom stereocenters. The molecule has 3 heteroatoms. The standard InChI is InChI=1S/C15H19NOS/c1-2-12-6-3-4-7-13(12)17-14(9-10-16)15-8-5-11-18-15/h3-8,11,14H,2,9-10,16H2,1H3. The van der Waals surface area contributed by atoms with Crippen molar-refractivity contribution in [2.45, 2.75) is 25.9 Å². The van der Waals surface area contributed by atoms with E-state index in [2.05, 4.69) is 36.6 Å². The molecule has 0 saturated heterocycles. The van der Waals surface area contributed by atoms with E-state index in [4.69, 9.17) is 10.5 Å². The Bertz CT molecular complexity index is 467. The van der Waals surface area contributed by atoms with Gasteiger partial charge in [0, 0.05) is 11.3 Å². The quantitative estimate of drug-likeness (QED) is 0.859. The van der Waals surface area contributed by atoms with Crippen LogP contribution in [0.1, 0.15) is 29.9 Å². The third kappa shape index (κ3) is 3.12. The summed E-state index contributed by atoms with van der Waals surface area (Å²) in [5, 5.41) is 2.08. The zero-order chi connectivity index (χ0) is 12.8. The molecule has 2 aromatic rings. The Morgan fingerprint density at radius 3 is 2.72 bits per heavy atom. The first-order valence-corrected chi connectivity index (χ1v) is 7.21. The van der Waals surface area contributed by atoms with Gasteiger partial charge in [0.2, 0.25) is 0 Å². The van der Waals surface area contributed by atoms with Crippen molar-refractivity contribution in [3.05, 3.63) is 52.2 Å². The van der Waals surface area contributed by atoms with Crippen LogP contribution in [0.2, 0.25) is 0 Å². The van der Waals surface area contributed by atoms with Gasteiger partial charge in [0.1, 0.15) is 11.9 Å². The highest BCUT2D eigenvalue weighted by molar-refractivity contribution is 7.10. The van der Waals surface area contributed by atoms with Crippen LogP contribution in [0.4, 0.5) is 0 Å². The van der Waals surface area contributed by atoms with Crippen molar-refractivity contribution in [1.29, 1.82) is 0 Å². The minimum absolute atomic E-state index is 0.0719. The molecule has 2 N–H and O–H groups in total. The lowest BCUT2D eigenvalue weighted by Gasteiger charge is -2.19. The summed E-state index contributed by atoms with van der Waals surface area (Å²) < 4.78 is 6.15. The normalized spacial score (nSPS) is 12.3. The van der Waals surface area contributed by atoms with Gasteiger partial charge in [0.15, 0.2) is 0 Å². The van der Waals surface area contributed by atoms with E-state index in [9.17, 15) is 0 Å². The molecule has 1 heterocycles. The molecule has 0 spiro atoms. The van der Waals surface area contributed by atoms with Crippen LogP contribution in [0, 0.1) is 0 Å². The number of hydrogen-bond acceptors (Lipinski definition) is 3. The molecule has 1 aromatic heterocycles. The molecule has 1 atom stereocenters. The first kappa shape index (κ1) is 13.1. The number of aryl methyl sites for hydroxylation is 1. The summed E-state index contributed by atoms with van der Waals surface area (Å²) in [6.07, 6.45) is 1.90. The van der Waals surface area contributed by atoms with Gasteiger partial charge in [0.05, 0.1) is 0 Å². The van der Waals surface area contributed by atoms with Gasteiger partial charge in [-0.15, -0.1) is 11.3 Å². The molecule has 2 nitrogen and oxygen atoms in total. The van der Waals surface area contributed by atoms with Crippen LogP contribution in [0.5, 0.6) is 5.75 Å². The highest BCUT2D eigenvalue weighted by atomic mass is 32.1. The number of nitrogens with two attached hydrogens (primary N) is 1. The highest BCUT2D eigenvalue weighted by Gasteiger charge is 2.14. The van der Waals surface area contributed by atoms with E-state index in [-0.39, 0.29) is 6.10 Å². The van der Waals surface area contributed by atoms with Crippen LogP contribution in [-0.4, -0.2) is 6.54 Å². The fourth-order valence-corrected chi connectivity index (χ4v) is 2.74. The van der Waals surface area contributed by atoms with E-state index in [0.717, 1.165) is 18.6 Å². The molecular formula is C15H19NOS. The summed E-state index contributed by atoms with van der Waals surface area (Å²) in [5.74, 6) is 0.979. The SMILES string of the molecule is CCc1ccccc1OC(CCN)c1cccs1. The van der Waals surface area contributed by atoms with Crippen LogP contribution >= 0.6 is 11.3 Å². The van der Waals surface area contributed by atoms with Gasteiger partial charge >= 0.3 is 0 Å². The molecule has 0 aliphatic rings. The zero-order valence-corrected chi connectivity index (χ0v) is 11.5. The Kier molecular flexibility index (Phi) is 4.79. The molecule has 0 fully saturated rings. The number of rotatable bonds is 6. The smallest absolute Gasteiger partial charge is 0.134 e. The van der Waals surface area contributed by atoms with Crippen LogP contribution < -0.4 is 10.5 Å². The molecule has 0 aliphatic carbocycles. The Morgan fingerprint density at radius 1 is 1.22 bits per heavy atom. The molecule has 0 amide bonds. The lowest BCUT2D eigenvalue weighted by atomic mass is 10.1. The maximum absolute atomic E-state index is 6.15. The van der Waals surface area contributed by atoms with Gasteiger partial charge in [-0.3, -0.25) is 0 Å². The van der Waals surface area contributed by atoms with Crippen molar-refractivity contribution in [3.8, 4) is 5.75 Å². The van der Waals surface area contributed by atoms with Gasteiger partial charge in [0.25, 0.3) is 0 Å². The predicted molar refractivity (Wildman–Crippen MR) is 77.2 cm³/mol. The van der Waals surface area contributed by atoms with Crippen LogP contribution in [-0.2, 0) is 6.42 Å². The lowest BCUT2D eigenvalue weighted by Crippen LogP contribution is -2.12. The average Bonchev–Trinajstić information content (AvgIpc) is 2.92. The largest absolute Gasteiger partial charge is 0.485 e. The summed E-state index contributed by atoms with van der Waals surface area (Å²) in [4.78, 5) is 1.24. The minimum Gasteiger partial charge on any atom is -0.485 e. The minimum atomic E-state index is 0.0719. The summed E-state index contributed by atoms with van der Waals surface area (Å²) in [6.45, 7) is 2.78. The number of ether oxygens (including phenoxy) is 1.